The van der Waals surface area contributed by atoms with Gasteiger partial charge < -0.3 is 10.3 Å². The molecule has 1 aliphatic carbocycles. The second-order valence-electron chi connectivity index (χ2n) is 10.2. The van der Waals surface area contributed by atoms with Crippen molar-refractivity contribution in [3.8, 4) is 34.0 Å². The van der Waals surface area contributed by atoms with Crippen molar-refractivity contribution in [1.29, 1.82) is 0 Å². The van der Waals surface area contributed by atoms with Crippen molar-refractivity contribution in [3.05, 3.63) is 72.8 Å². The SMILES string of the molecule is O=C(Nc1cncc(-c2ncc3[nH]nc(-c4nc5c(-c6cccc(F)c6)nccc5[nH]4)c3c2F)c1)C1CCCCC1. The number of halogens is 2. The molecule has 0 spiro atoms. The Morgan fingerprint density at radius 2 is 1.78 bits per heavy atom. The first-order valence-corrected chi connectivity index (χ1v) is 13.4. The minimum atomic E-state index is -0.604. The molecule has 1 saturated carbocycles. The van der Waals surface area contributed by atoms with E-state index in [4.69, 9.17) is 0 Å². The fraction of sp³-hybridized carbons (Fsp3) is 0.200. The predicted molar refractivity (Wildman–Crippen MR) is 151 cm³/mol. The number of pyridine rings is 3. The number of nitrogens with one attached hydrogen (secondary N) is 3. The normalized spacial score (nSPS) is 14.1. The minimum absolute atomic E-state index is 0.0208. The van der Waals surface area contributed by atoms with Crippen LogP contribution in [0.3, 0.4) is 0 Å². The third-order valence-electron chi connectivity index (χ3n) is 7.52. The highest BCUT2D eigenvalue weighted by molar-refractivity contribution is 5.98. The third kappa shape index (κ3) is 4.58. The number of fused-ring (bicyclic) bond motifs is 2. The molecule has 0 radical (unpaired) electrons. The van der Waals surface area contributed by atoms with Gasteiger partial charge in [-0.1, -0.05) is 31.4 Å². The Labute approximate surface area is 232 Å². The van der Waals surface area contributed by atoms with E-state index in [1.807, 2.05) is 0 Å². The van der Waals surface area contributed by atoms with Crippen LogP contribution in [0.2, 0.25) is 0 Å². The molecule has 41 heavy (non-hydrogen) atoms. The zero-order chi connectivity index (χ0) is 27.9. The van der Waals surface area contributed by atoms with Gasteiger partial charge in [-0.05, 0) is 37.1 Å². The second kappa shape index (κ2) is 10.2. The summed E-state index contributed by atoms with van der Waals surface area (Å²) >= 11 is 0. The maximum absolute atomic E-state index is 16.1. The van der Waals surface area contributed by atoms with Crippen LogP contribution in [0.1, 0.15) is 32.1 Å². The maximum atomic E-state index is 16.1. The van der Waals surface area contributed by atoms with Gasteiger partial charge in [0.15, 0.2) is 11.6 Å². The van der Waals surface area contributed by atoms with Crippen molar-refractivity contribution in [2.75, 3.05) is 5.32 Å². The van der Waals surface area contributed by atoms with E-state index >= 15 is 4.39 Å². The fourth-order valence-electron chi connectivity index (χ4n) is 5.49. The molecule has 0 aliphatic heterocycles. The van der Waals surface area contributed by atoms with Crippen LogP contribution in [0.5, 0.6) is 0 Å². The highest BCUT2D eigenvalue weighted by atomic mass is 19.1. The third-order valence-corrected chi connectivity index (χ3v) is 7.52. The van der Waals surface area contributed by atoms with Gasteiger partial charge in [-0.2, -0.15) is 5.10 Å². The Hall–Kier alpha value is -5.06. The van der Waals surface area contributed by atoms with E-state index in [9.17, 15) is 9.18 Å². The summed E-state index contributed by atoms with van der Waals surface area (Å²) in [4.78, 5) is 33.6. The lowest BCUT2D eigenvalue weighted by atomic mass is 9.88. The maximum Gasteiger partial charge on any atom is 0.227 e. The Morgan fingerprint density at radius 3 is 2.63 bits per heavy atom. The molecule has 7 rings (SSSR count). The van der Waals surface area contributed by atoms with Gasteiger partial charge in [0.05, 0.1) is 40.2 Å². The van der Waals surface area contributed by atoms with Gasteiger partial charge in [-0.3, -0.25) is 24.8 Å². The standard InChI is InChI=1S/C30H24F2N8O/c31-19-8-4-7-17(11-19)26-27-21(9-10-34-26)37-29(38-27)28-23-22(39-40-28)15-35-25(24(23)32)18-12-20(14-33-13-18)36-30(41)16-5-2-1-3-6-16/h4,7-16H,1-3,5-6H2,(H,36,41)(H,37,38)(H,39,40). The number of rotatable bonds is 5. The highest BCUT2D eigenvalue weighted by Crippen LogP contribution is 2.34. The topological polar surface area (TPSA) is 125 Å². The summed E-state index contributed by atoms with van der Waals surface area (Å²) in [6, 6.07) is 9.52. The number of aromatic nitrogens is 7. The van der Waals surface area contributed by atoms with Crippen LogP contribution in [0.4, 0.5) is 14.5 Å². The summed E-state index contributed by atoms with van der Waals surface area (Å²) < 4.78 is 30.0. The Kier molecular flexibility index (Phi) is 6.18. The average molecular weight is 551 g/mol. The van der Waals surface area contributed by atoms with Gasteiger partial charge in [-0.15, -0.1) is 0 Å². The van der Waals surface area contributed by atoms with E-state index in [0.717, 1.165) is 32.1 Å². The van der Waals surface area contributed by atoms with Gasteiger partial charge in [0.2, 0.25) is 5.91 Å². The van der Waals surface area contributed by atoms with E-state index in [1.54, 1.807) is 36.7 Å². The first-order chi connectivity index (χ1) is 20.0. The van der Waals surface area contributed by atoms with Gasteiger partial charge in [-0.25, -0.2) is 13.8 Å². The van der Waals surface area contributed by atoms with Crippen molar-refractivity contribution < 1.29 is 13.6 Å². The lowest BCUT2D eigenvalue weighted by Crippen LogP contribution is -2.24. The molecule has 3 N–H and O–H groups in total. The minimum Gasteiger partial charge on any atom is -0.336 e. The average Bonchev–Trinajstić information content (AvgIpc) is 3.63. The highest BCUT2D eigenvalue weighted by Gasteiger charge is 2.23. The molecular weight excluding hydrogens is 526 g/mol. The molecule has 0 unspecified atom stereocenters. The number of carbonyl (C=O) groups is 1. The van der Waals surface area contributed by atoms with Gasteiger partial charge in [0.1, 0.15) is 22.7 Å². The molecule has 1 aromatic carbocycles. The molecule has 204 valence electrons. The smallest absolute Gasteiger partial charge is 0.227 e. The van der Waals surface area contributed by atoms with Gasteiger partial charge in [0.25, 0.3) is 0 Å². The Morgan fingerprint density at radius 1 is 0.902 bits per heavy atom. The molecule has 6 aromatic rings. The zero-order valence-electron chi connectivity index (χ0n) is 21.8. The summed E-state index contributed by atoms with van der Waals surface area (Å²) in [5.74, 6) is -0.730. The Bertz CT molecular complexity index is 1930. The molecule has 0 atom stereocenters. The number of carbonyl (C=O) groups excluding carboxylic acids is 1. The molecule has 0 saturated heterocycles. The van der Waals surface area contributed by atoms with E-state index in [2.05, 4.69) is 40.4 Å². The largest absolute Gasteiger partial charge is 0.336 e. The van der Waals surface area contributed by atoms with Crippen LogP contribution in [0.25, 0.3) is 56.0 Å². The number of hydrogen-bond acceptors (Lipinski definition) is 6. The second-order valence-corrected chi connectivity index (χ2v) is 10.2. The van der Waals surface area contributed by atoms with Crippen LogP contribution in [0, 0.1) is 17.6 Å². The molecular formula is C30H24F2N8O. The van der Waals surface area contributed by atoms with E-state index in [0.29, 0.717) is 44.9 Å². The summed E-state index contributed by atoms with van der Waals surface area (Å²) in [6.45, 7) is 0. The summed E-state index contributed by atoms with van der Waals surface area (Å²) in [5.41, 5.74) is 3.83. The molecule has 11 heteroatoms. The molecule has 1 amide bonds. The molecule has 5 heterocycles. The number of nitrogens with zero attached hydrogens (tertiary/aromatic N) is 5. The molecule has 9 nitrogen and oxygen atoms in total. The number of imidazole rings is 1. The molecule has 1 fully saturated rings. The van der Waals surface area contributed by atoms with Crippen molar-refractivity contribution in [1.82, 2.24) is 35.1 Å². The number of anilines is 1. The molecule has 5 aromatic heterocycles. The van der Waals surface area contributed by atoms with Crippen LogP contribution >= 0.6 is 0 Å². The van der Waals surface area contributed by atoms with Crippen LogP contribution in [-0.4, -0.2) is 41.0 Å². The molecule has 1 aliphatic rings. The van der Waals surface area contributed by atoms with Crippen molar-refractivity contribution in [2.45, 2.75) is 32.1 Å². The lowest BCUT2D eigenvalue weighted by Gasteiger charge is -2.20. The van der Waals surface area contributed by atoms with Gasteiger partial charge in [0, 0.05) is 29.4 Å². The number of hydrogen-bond donors (Lipinski definition) is 3. The van der Waals surface area contributed by atoms with Crippen molar-refractivity contribution >= 4 is 33.5 Å². The monoisotopic (exact) mass is 550 g/mol. The lowest BCUT2D eigenvalue weighted by molar-refractivity contribution is -0.120. The first-order valence-electron chi connectivity index (χ1n) is 13.4. The summed E-state index contributed by atoms with van der Waals surface area (Å²) in [5, 5.41) is 10.3. The van der Waals surface area contributed by atoms with E-state index in [-0.39, 0.29) is 34.4 Å². The van der Waals surface area contributed by atoms with Crippen LogP contribution in [-0.2, 0) is 4.79 Å². The van der Waals surface area contributed by atoms with E-state index < -0.39 is 5.82 Å². The van der Waals surface area contributed by atoms with Crippen molar-refractivity contribution in [2.24, 2.45) is 5.92 Å². The Balaban J connectivity index is 1.26. The summed E-state index contributed by atoms with van der Waals surface area (Å²) in [6.07, 6.45) is 11.1. The van der Waals surface area contributed by atoms with Gasteiger partial charge >= 0.3 is 0 Å². The number of amides is 1. The zero-order valence-corrected chi connectivity index (χ0v) is 21.8. The molecule has 0 bridgehead atoms. The quantitative estimate of drug-likeness (QED) is 0.227. The number of benzene rings is 1. The number of aromatic amines is 2. The van der Waals surface area contributed by atoms with Crippen LogP contribution < -0.4 is 5.32 Å². The first kappa shape index (κ1) is 24.9. The summed E-state index contributed by atoms with van der Waals surface area (Å²) in [7, 11) is 0. The fourth-order valence-corrected chi connectivity index (χ4v) is 5.49. The number of H-pyrrole nitrogens is 2. The predicted octanol–water partition coefficient (Wildman–Crippen LogP) is 6.42. The van der Waals surface area contributed by atoms with E-state index in [1.165, 1.54) is 24.5 Å². The van der Waals surface area contributed by atoms with Crippen LogP contribution in [0.15, 0.2) is 61.2 Å². The van der Waals surface area contributed by atoms with Crippen molar-refractivity contribution in [3.63, 3.8) is 0 Å².